The van der Waals surface area contributed by atoms with E-state index in [0.717, 1.165) is 0 Å². The minimum atomic E-state index is -0.453. The minimum Gasteiger partial charge on any atom is -0.491 e. The molecule has 18 heavy (non-hydrogen) atoms. The first kappa shape index (κ1) is 12.2. The molecular weight excluding hydrogens is 235 g/mol. The summed E-state index contributed by atoms with van der Waals surface area (Å²) in [4.78, 5) is 11.9. The fourth-order valence-corrected chi connectivity index (χ4v) is 1.54. The third kappa shape index (κ3) is 2.53. The van der Waals surface area contributed by atoms with Crippen LogP contribution in [0.5, 0.6) is 5.75 Å². The number of ether oxygens (including phenoxy) is 1. The van der Waals surface area contributed by atoms with Crippen molar-refractivity contribution in [1.29, 1.82) is 0 Å². The molecule has 0 radical (unpaired) electrons. The molecule has 0 unspecified atom stereocenters. The van der Waals surface area contributed by atoms with Crippen molar-refractivity contribution < 1.29 is 9.13 Å². The number of aryl methyl sites for hydroxylation is 1. The van der Waals surface area contributed by atoms with Gasteiger partial charge in [0, 0.05) is 5.56 Å². The van der Waals surface area contributed by atoms with Crippen molar-refractivity contribution in [1.82, 2.24) is 15.0 Å². The summed E-state index contributed by atoms with van der Waals surface area (Å²) in [6.45, 7) is 3.91. The summed E-state index contributed by atoms with van der Waals surface area (Å²) >= 11 is 0. The van der Waals surface area contributed by atoms with Crippen LogP contribution in [0, 0.1) is 12.7 Å². The van der Waals surface area contributed by atoms with Gasteiger partial charge in [0.1, 0.15) is 5.82 Å². The molecule has 0 atom stereocenters. The van der Waals surface area contributed by atoms with Gasteiger partial charge in [0.15, 0.2) is 17.4 Å². The largest absolute Gasteiger partial charge is 0.491 e. The van der Waals surface area contributed by atoms with Crippen molar-refractivity contribution in [2.75, 3.05) is 12.3 Å². The van der Waals surface area contributed by atoms with Crippen LogP contribution < -0.4 is 10.5 Å². The van der Waals surface area contributed by atoms with Gasteiger partial charge in [-0.3, -0.25) is 0 Å². The number of benzene rings is 1. The van der Waals surface area contributed by atoms with E-state index in [1.807, 2.05) is 0 Å². The number of rotatable bonds is 3. The van der Waals surface area contributed by atoms with Gasteiger partial charge in [0.25, 0.3) is 0 Å². The highest BCUT2D eigenvalue weighted by molar-refractivity contribution is 5.57. The molecular formula is C12H13FN4O. The maximum absolute atomic E-state index is 13.7. The fraction of sp³-hybridized carbons (Fsp3) is 0.250. The monoisotopic (exact) mass is 248 g/mol. The Morgan fingerprint density at radius 2 is 2.06 bits per heavy atom. The fourth-order valence-electron chi connectivity index (χ4n) is 1.54. The lowest BCUT2D eigenvalue weighted by atomic mass is 10.2. The van der Waals surface area contributed by atoms with E-state index in [1.165, 1.54) is 6.07 Å². The predicted molar refractivity (Wildman–Crippen MR) is 65.5 cm³/mol. The molecule has 6 heteroatoms. The van der Waals surface area contributed by atoms with Gasteiger partial charge < -0.3 is 10.5 Å². The third-order valence-corrected chi connectivity index (χ3v) is 2.25. The zero-order valence-electron chi connectivity index (χ0n) is 10.1. The first-order valence-electron chi connectivity index (χ1n) is 5.51. The molecule has 0 amide bonds. The van der Waals surface area contributed by atoms with Crippen LogP contribution in [0.25, 0.3) is 11.4 Å². The van der Waals surface area contributed by atoms with Crippen molar-refractivity contribution in [3.05, 3.63) is 29.8 Å². The smallest absolute Gasteiger partial charge is 0.223 e. The molecule has 2 aromatic rings. The molecule has 94 valence electrons. The van der Waals surface area contributed by atoms with E-state index in [2.05, 4.69) is 15.0 Å². The van der Waals surface area contributed by atoms with E-state index in [1.54, 1.807) is 26.0 Å². The van der Waals surface area contributed by atoms with Crippen molar-refractivity contribution in [2.24, 2.45) is 0 Å². The zero-order chi connectivity index (χ0) is 13.1. The Morgan fingerprint density at radius 1 is 1.28 bits per heavy atom. The van der Waals surface area contributed by atoms with Gasteiger partial charge in [-0.2, -0.15) is 9.97 Å². The van der Waals surface area contributed by atoms with E-state index in [9.17, 15) is 4.39 Å². The van der Waals surface area contributed by atoms with Crippen LogP contribution in [0.1, 0.15) is 12.7 Å². The van der Waals surface area contributed by atoms with Crippen molar-refractivity contribution in [3.63, 3.8) is 0 Å². The van der Waals surface area contributed by atoms with E-state index >= 15 is 0 Å². The lowest BCUT2D eigenvalue weighted by Crippen LogP contribution is -2.02. The zero-order valence-corrected chi connectivity index (χ0v) is 10.1. The average Bonchev–Trinajstić information content (AvgIpc) is 2.30. The summed E-state index contributed by atoms with van der Waals surface area (Å²) in [5.74, 6) is 0.714. The quantitative estimate of drug-likeness (QED) is 0.898. The van der Waals surface area contributed by atoms with Gasteiger partial charge in [-0.15, -0.1) is 0 Å². The Balaban J connectivity index is 2.42. The van der Waals surface area contributed by atoms with Gasteiger partial charge in [0.05, 0.1) is 6.61 Å². The molecule has 0 saturated heterocycles. The van der Waals surface area contributed by atoms with Gasteiger partial charge in [-0.25, -0.2) is 9.37 Å². The lowest BCUT2D eigenvalue weighted by molar-refractivity contribution is 0.321. The summed E-state index contributed by atoms with van der Waals surface area (Å²) in [7, 11) is 0. The van der Waals surface area contributed by atoms with Gasteiger partial charge >= 0.3 is 0 Å². The number of hydrogen-bond donors (Lipinski definition) is 1. The van der Waals surface area contributed by atoms with E-state index in [0.29, 0.717) is 23.8 Å². The van der Waals surface area contributed by atoms with Gasteiger partial charge in [0.2, 0.25) is 5.95 Å². The Morgan fingerprint density at radius 3 is 2.67 bits per heavy atom. The van der Waals surface area contributed by atoms with Gasteiger partial charge in [-0.1, -0.05) is 0 Å². The van der Waals surface area contributed by atoms with Crippen LogP contribution in [-0.4, -0.2) is 21.6 Å². The number of nitrogens with two attached hydrogens (primary N) is 1. The van der Waals surface area contributed by atoms with Crippen LogP contribution >= 0.6 is 0 Å². The van der Waals surface area contributed by atoms with Crippen LogP contribution in [0.4, 0.5) is 10.3 Å². The Hall–Kier alpha value is -2.24. The topological polar surface area (TPSA) is 73.9 Å². The Labute approximate surface area is 104 Å². The first-order valence-corrected chi connectivity index (χ1v) is 5.51. The summed E-state index contributed by atoms with van der Waals surface area (Å²) < 4.78 is 18.8. The van der Waals surface area contributed by atoms with Crippen molar-refractivity contribution in [2.45, 2.75) is 13.8 Å². The van der Waals surface area contributed by atoms with E-state index in [-0.39, 0.29) is 11.7 Å². The van der Waals surface area contributed by atoms with E-state index < -0.39 is 5.82 Å². The number of anilines is 1. The number of halogens is 1. The lowest BCUT2D eigenvalue weighted by Gasteiger charge is -2.06. The first-order chi connectivity index (χ1) is 8.60. The molecule has 1 aromatic heterocycles. The highest BCUT2D eigenvalue weighted by Crippen LogP contribution is 2.23. The summed E-state index contributed by atoms with van der Waals surface area (Å²) in [6.07, 6.45) is 0. The standard InChI is InChI=1S/C12H13FN4O/c1-3-18-10-5-4-8(6-9(10)13)11-15-7(2)16-12(14)17-11/h4-6H,3H2,1-2H3,(H2,14,15,16,17). The second-order valence-electron chi connectivity index (χ2n) is 3.64. The number of aromatic nitrogens is 3. The maximum atomic E-state index is 13.7. The van der Waals surface area contributed by atoms with Gasteiger partial charge in [-0.05, 0) is 32.0 Å². The molecule has 1 aromatic carbocycles. The minimum absolute atomic E-state index is 0.117. The molecule has 0 bridgehead atoms. The Bertz CT molecular complexity index is 554. The normalized spacial score (nSPS) is 10.4. The number of nitrogen functional groups attached to an aromatic ring is 1. The van der Waals surface area contributed by atoms with E-state index in [4.69, 9.17) is 10.5 Å². The summed E-state index contributed by atoms with van der Waals surface area (Å²) in [5.41, 5.74) is 6.07. The second kappa shape index (κ2) is 4.95. The van der Waals surface area contributed by atoms with Crippen LogP contribution in [-0.2, 0) is 0 Å². The molecule has 2 rings (SSSR count). The molecule has 0 aliphatic rings. The third-order valence-electron chi connectivity index (χ3n) is 2.25. The SMILES string of the molecule is CCOc1ccc(-c2nc(C)nc(N)n2)cc1F. The molecule has 0 saturated carbocycles. The molecule has 0 aliphatic carbocycles. The highest BCUT2D eigenvalue weighted by Gasteiger charge is 2.09. The Kier molecular flexibility index (Phi) is 3.36. The maximum Gasteiger partial charge on any atom is 0.223 e. The molecule has 1 heterocycles. The number of hydrogen-bond acceptors (Lipinski definition) is 5. The predicted octanol–water partition coefficient (Wildman–Crippen LogP) is 1.97. The highest BCUT2D eigenvalue weighted by atomic mass is 19.1. The molecule has 2 N–H and O–H groups in total. The second-order valence-corrected chi connectivity index (χ2v) is 3.64. The van der Waals surface area contributed by atoms with Crippen LogP contribution in [0.3, 0.4) is 0 Å². The molecule has 0 fully saturated rings. The van der Waals surface area contributed by atoms with Crippen molar-refractivity contribution >= 4 is 5.95 Å². The summed E-state index contributed by atoms with van der Waals surface area (Å²) in [5, 5.41) is 0. The van der Waals surface area contributed by atoms with Crippen LogP contribution in [0.2, 0.25) is 0 Å². The average molecular weight is 248 g/mol. The molecule has 0 spiro atoms. The van der Waals surface area contributed by atoms with Crippen LogP contribution in [0.15, 0.2) is 18.2 Å². The molecule has 5 nitrogen and oxygen atoms in total. The van der Waals surface area contributed by atoms with Crippen molar-refractivity contribution in [3.8, 4) is 17.1 Å². The summed E-state index contributed by atoms with van der Waals surface area (Å²) in [6, 6.07) is 4.55. The number of nitrogens with zero attached hydrogens (tertiary/aromatic N) is 3. The molecule has 0 aliphatic heterocycles.